The molecule has 3 rings (SSSR count). The van der Waals surface area contributed by atoms with Crippen LogP contribution in [0.5, 0.6) is 5.75 Å². The summed E-state index contributed by atoms with van der Waals surface area (Å²) in [4.78, 5) is 4.11. The van der Waals surface area contributed by atoms with Crippen molar-refractivity contribution in [1.29, 1.82) is 0 Å². The number of para-hydroxylation sites is 1. The number of fused-ring (bicyclic) bond motifs is 1. The summed E-state index contributed by atoms with van der Waals surface area (Å²) in [7, 11) is 0. The van der Waals surface area contributed by atoms with E-state index in [1.165, 1.54) is 0 Å². The molecule has 1 aliphatic rings. The summed E-state index contributed by atoms with van der Waals surface area (Å²) in [6.07, 6.45) is -0.478. The molecule has 18 heavy (non-hydrogen) atoms. The third-order valence-electron chi connectivity index (χ3n) is 2.90. The first kappa shape index (κ1) is 11.2. The topological polar surface area (TPSA) is 94.4 Å². The molecule has 94 valence electrons. The van der Waals surface area contributed by atoms with Crippen LogP contribution in [-0.2, 0) is 6.42 Å². The smallest absolute Gasteiger partial charge is 0.256 e. The van der Waals surface area contributed by atoms with E-state index in [0.29, 0.717) is 12.2 Å². The average Bonchev–Trinajstić information content (AvgIpc) is 3.03. The number of nitrogens with two attached hydrogens (primary N) is 1. The number of nitrogens with zero attached hydrogens (tertiary/aromatic N) is 2. The van der Waals surface area contributed by atoms with Crippen molar-refractivity contribution < 1.29 is 14.4 Å². The van der Waals surface area contributed by atoms with Crippen LogP contribution in [0.1, 0.15) is 29.5 Å². The SMILES string of the molecule is NC[C@H](O)c1nc(C2Cc3ccccc3O2)no1. The van der Waals surface area contributed by atoms with E-state index < -0.39 is 6.10 Å². The normalized spacial score (nSPS) is 19.3. The van der Waals surface area contributed by atoms with Crippen LogP contribution in [0.25, 0.3) is 0 Å². The van der Waals surface area contributed by atoms with Crippen LogP contribution >= 0.6 is 0 Å². The summed E-state index contributed by atoms with van der Waals surface area (Å²) in [5.41, 5.74) is 6.45. The van der Waals surface area contributed by atoms with Gasteiger partial charge in [0.1, 0.15) is 11.9 Å². The van der Waals surface area contributed by atoms with Crippen LogP contribution in [0, 0.1) is 0 Å². The Labute approximate surface area is 103 Å². The van der Waals surface area contributed by atoms with Crippen molar-refractivity contribution in [3.63, 3.8) is 0 Å². The Balaban J connectivity index is 1.80. The van der Waals surface area contributed by atoms with Gasteiger partial charge in [0.25, 0.3) is 5.89 Å². The van der Waals surface area contributed by atoms with Crippen LogP contribution in [-0.4, -0.2) is 21.8 Å². The highest BCUT2D eigenvalue weighted by Gasteiger charge is 2.29. The number of aliphatic hydroxyl groups excluding tert-OH is 1. The summed E-state index contributed by atoms with van der Waals surface area (Å²) >= 11 is 0. The standard InChI is InChI=1S/C12H13N3O3/c13-6-8(16)12-14-11(15-18-12)10-5-7-3-1-2-4-9(7)17-10/h1-4,8,10,16H,5-6,13H2/t8-,10?/m0/s1. The van der Waals surface area contributed by atoms with Crippen molar-refractivity contribution >= 4 is 0 Å². The molecular formula is C12H13N3O3. The number of aliphatic hydroxyl groups is 1. The summed E-state index contributed by atoms with van der Waals surface area (Å²) in [5.74, 6) is 1.41. The molecule has 0 bridgehead atoms. The lowest BCUT2D eigenvalue weighted by Crippen LogP contribution is -2.12. The average molecular weight is 247 g/mol. The van der Waals surface area contributed by atoms with E-state index >= 15 is 0 Å². The van der Waals surface area contributed by atoms with Gasteiger partial charge in [0.15, 0.2) is 6.10 Å². The molecule has 2 heterocycles. The largest absolute Gasteiger partial charge is 0.482 e. The number of ether oxygens (including phenoxy) is 1. The third kappa shape index (κ3) is 1.85. The van der Waals surface area contributed by atoms with E-state index in [9.17, 15) is 5.11 Å². The van der Waals surface area contributed by atoms with Gasteiger partial charge in [0, 0.05) is 13.0 Å². The molecule has 2 aromatic rings. The zero-order chi connectivity index (χ0) is 12.5. The van der Waals surface area contributed by atoms with E-state index in [4.69, 9.17) is 15.0 Å². The molecule has 0 aliphatic carbocycles. The van der Waals surface area contributed by atoms with Gasteiger partial charge in [0.05, 0.1) is 0 Å². The van der Waals surface area contributed by atoms with Crippen LogP contribution in [0.4, 0.5) is 0 Å². The van der Waals surface area contributed by atoms with Gasteiger partial charge in [0.2, 0.25) is 5.82 Å². The quantitative estimate of drug-likeness (QED) is 0.830. The molecular weight excluding hydrogens is 234 g/mol. The first-order valence-corrected chi connectivity index (χ1v) is 5.74. The lowest BCUT2D eigenvalue weighted by molar-refractivity contribution is 0.141. The molecule has 1 aliphatic heterocycles. The van der Waals surface area contributed by atoms with E-state index in [1.54, 1.807) is 0 Å². The van der Waals surface area contributed by atoms with Crippen molar-refractivity contribution in [1.82, 2.24) is 10.1 Å². The number of aromatic nitrogens is 2. The Hall–Kier alpha value is -1.92. The summed E-state index contributed by atoms with van der Waals surface area (Å²) in [6.45, 7) is 0.0490. The number of benzene rings is 1. The van der Waals surface area contributed by atoms with Crippen molar-refractivity contribution in [3.8, 4) is 5.75 Å². The maximum atomic E-state index is 9.50. The third-order valence-corrected chi connectivity index (χ3v) is 2.90. The van der Waals surface area contributed by atoms with Gasteiger partial charge in [-0.25, -0.2) is 0 Å². The van der Waals surface area contributed by atoms with E-state index in [-0.39, 0.29) is 18.5 Å². The second-order valence-electron chi connectivity index (χ2n) is 4.16. The summed E-state index contributed by atoms with van der Waals surface area (Å²) in [6, 6.07) is 7.79. The Morgan fingerprint density at radius 1 is 1.44 bits per heavy atom. The number of hydrogen-bond acceptors (Lipinski definition) is 6. The summed E-state index contributed by atoms with van der Waals surface area (Å²) in [5, 5.41) is 13.3. The number of rotatable bonds is 3. The van der Waals surface area contributed by atoms with Crippen molar-refractivity contribution in [2.75, 3.05) is 6.54 Å². The first-order chi connectivity index (χ1) is 8.78. The summed E-state index contributed by atoms with van der Waals surface area (Å²) < 4.78 is 10.7. The fraction of sp³-hybridized carbons (Fsp3) is 0.333. The molecule has 1 aromatic carbocycles. The van der Waals surface area contributed by atoms with Crippen molar-refractivity contribution in [2.45, 2.75) is 18.6 Å². The molecule has 2 atom stereocenters. The van der Waals surface area contributed by atoms with E-state index in [0.717, 1.165) is 11.3 Å². The highest BCUT2D eigenvalue weighted by atomic mass is 16.5. The molecule has 0 fully saturated rings. The number of hydrogen-bond donors (Lipinski definition) is 2. The Bertz CT molecular complexity index is 530. The van der Waals surface area contributed by atoms with Crippen LogP contribution in [0.15, 0.2) is 28.8 Å². The monoisotopic (exact) mass is 247 g/mol. The van der Waals surface area contributed by atoms with Crippen molar-refractivity contribution in [2.24, 2.45) is 5.73 Å². The minimum absolute atomic E-state index is 0.0490. The highest BCUT2D eigenvalue weighted by Crippen LogP contribution is 2.35. The minimum atomic E-state index is -0.921. The Morgan fingerprint density at radius 3 is 3.06 bits per heavy atom. The maximum absolute atomic E-state index is 9.50. The van der Waals surface area contributed by atoms with Crippen molar-refractivity contribution in [3.05, 3.63) is 41.5 Å². The Kier molecular flexibility index (Phi) is 2.73. The van der Waals surface area contributed by atoms with E-state index in [1.807, 2.05) is 24.3 Å². The first-order valence-electron chi connectivity index (χ1n) is 5.74. The zero-order valence-electron chi connectivity index (χ0n) is 9.61. The van der Waals surface area contributed by atoms with Crippen LogP contribution in [0.3, 0.4) is 0 Å². The van der Waals surface area contributed by atoms with Gasteiger partial charge in [-0.15, -0.1) is 0 Å². The zero-order valence-corrected chi connectivity index (χ0v) is 9.61. The molecule has 0 saturated heterocycles. The van der Waals surface area contributed by atoms with Gasteiger partial charge >= 0.3 is 0 Å². The fourth-order valence-corrected chi connectivity index (χ4v) is 1.94. The Morgan fingerprint density at radius 2 is 2.28 bits per heavy atom. The predicted octanol–water partition coefficient (Wildman–Crippen LogP) is 0.738. The molecule has 0 saturated carbocycles. The van der Waals surface area contributed by atoms with Gasteiger partial charge < -0.3 is 20.1 Å². The molecule has 6 heteroatoms. The highest BCUT2D eigenvalue weighted by molar-refractivity contribution is 5.37. The molecule has 0 amide bonds. The van der Waals surface area contributed by atoms with Gasteiger partial charge in [-0.1, -0.05) is 23.4 Å². The lowest BCUT2D eigenvalue weighted by atomic mass is 10.1. The predicted molar refractivity (Wildman–Crippen MR) is 61.8 cm³/mol. The molecule has 0 radical (unpaired) electrons. The van der Waals surface area contributed by atoms with Crippen LogP contribution < -0.4 is 10.5 Å². The molecule has 0 spiro atoms. The van der Waals surface area contributed by atoms with Gasteiger partial charge in [-0.2, -0.15) is 4.98 Å². The second kappa shape index (κ2) is 4.40. The molecule has 1 unspecified atom stereocenters. The molecule has 1 aromatic heterocycles. The molecule has 3 N–H and O–H groups in total. The van der Waals surface area contributed by atoms with Crippen LogP contribution in [0.2, 0.25) is 0 Å². The minimum Gasteiger partial charge on any atom is -0.482 e. The molecule has 6 nitrogen and oxygen atoms in total. The van der Waals surface area contributed by atoms with Gasteiger partial charge in [-0.05, 0) is 11.6 Å². The lowest BCUT2D eigenvalue weighted by Gasteiger charge is -2.04. The fourth-order valence-electron chi connectivity index (χ4n) is 1.94. The van der Waals surface area contributed by atoms with E-state index in [2.05, 4.69) is 10.1 Å². The second-order valence-corrected chi connectivity index (χ2v) is 4.16. The van der Waals surface area contributed by atoms with Gasteiger partial charge in [-0.3, -0.25) is 0 Å². The maximum Gasteiger partial charge on any atom is 0.256 e.